The molecule has 1 N–H and O–H groups in total. The zero-order valence-electron chi connectivity index (χ0n) is 19.5. The minimum Gasteiger partial charge on any atom is -0.481 e. The molecule has 2 saturated carbocycles. The van der Waals surface area contributed by atoms with Crippen molar-refractivity contribution in [3.8, 4) is 0 Å². The molecule has 0 aliphatic heterocycles. The van der Waals surface area contributed by atoms with Gasteiger partial charge in [-0.3, -0.25) is 4.79 Å². The van der Waals surface area contributed by atoms with E-state index in [2.05, 4.69) is 38.1 Å². The second-order valence-corrected chi connectivity index (χ2v) is 10.3. The molecule has 0 bridgehead atoms. The van der Waals surface area contributed by atoms with Crippen molar-refractivity contribution in [3.05, 3.63) is 35.4 Å². The highest BCUT2D eigenvalue weighted by molar-refractivity contribution is 5.81. The normalized spacial score (nSPS) is 29.6. The van der Waals surface area contributed by atoms with Crippen molar-refractivity contribution < 1.29 is 9.90 Å². The third-order valence-electron chi connectivity index (χ3n) is 8.33. The Labute approximate surface area is 184 Å². The fraction of sp³-hybridized carbons (Fsp3) is 0.750. The van der Waals surface area contributed by atoms with Crippen LogP contribution in [0, 0.1) is 11.8 Å². The van der Waals surface area contributed by atoms with Crippen molar-refractivity contribution in [2.75, 3.05) is 0 Å². The molecule has 2 aliphatic rings. The molecular formula is C28H44O2. The highest BCUT2D eigenvalue weighted by Crippen LogP contribution is 2.44. The van der Waals surface area contributed by atoms with Crippen LogP contribution < -0.4 is 0 Å². The van der Waals surface area contributed by atoms with Gasteiger partial charge in [0, 0.05) is 0 Å². The van der Waals surface area contributed by atoms with Crippen LogP contribution in [0.15, 0.2) is 24.3 Å². The topological polar surface area (TPSA) is 37.3 Å². The average molecular weight is 413 g/mol. The van der Waals surface area contributed by atoms with Gasteiger partial charge in [0.2, 0.25) is 0 Å². The lowest BCUT2D eigenvalue weighted by atomic mass is 9.65. The molecule has 0 aromatic heterocycles. The maximum Gasteiger partial charge on any atom is 0.314 e. The molecule has 2 aliphatic carbocycles. The van der Waals surface area contributed by atoms with Crippen molar-refractivity contribution in [3.63, 3.8) is 0 Å². The second kappa shape index (κ2) is 11.3. The molecule has 0 heterocycles. The summed E-state index contributed by atoms with van der Waals surface area (Å²) in [6.07, 6.45) is 18.3. The molecule has 2 heteroatoms. The smallest absolute Gasteiger partial charge is 0.314 e. The van der Waals surface area contributed by atoms with Crippen LogP contribution in [0.2, 0.25) is 0 Å². The zero-order chi connectivity index (χ0) is 21.4. The van der Waals surface area contributed by atoms with Gasteiger partial charge in [-0.15, -0.1) is 0 Å². The lowest BCUT2D eigenvalue weighted by Gasteiger charge is -2.37. The quantitative estimate of drug-likeness (QED) is 0.393. The Kier molecular flexibility index (Phi) is 8.84. The molecule has 0 unspecified atom stereocenters. The molecule has 0 spiro atoms. The first-order chi connectivity index (χ1) is 14.6. The summed E-state index contributed by atoms with van der Waals surface area (Å²) in [4.78, 5) is 12.4. The van der Waals surface area contributed by atoms with Crippen LogP contribution in [0.5, 0.6) is 0 Å². The number of carbonyl (C=O) groups is 1. The number of hydrogen-bond acceptors (Lipinski definition) is 1. The first kappa shape index (κ1) is 23.4. The number of benzene rings is 1. The molecule has 1 aromatic rings. The van der Waals surface area contributed by atoms with E-state index in [4.69, 9.17) is 0 Å². The van der Waals surface area contributed by atoms with E-state index in [0.717, 1.165) is 43.1 Å². The number of aliphatic carboxylic acids is 1. The van der Waals surface area contributed by atoms with E-state index in [0.29, 0.717) is 5.92 Å². The minimum atomic E-state index is -0.655. The maximum atomic E-state index is 12.4. The highest BCUT2D eigenvalue weighted by atomic mass is 16.4. The molecule has 0 radical (unpaired) electrons. The van der Waals surface area contributed by atoms with Gasteiger partial charge >= 0.3 is 5.97 Å². The van der Waals surface area contributed by atoms with Gasteiger partial charge in [-0.25, -0.2) is 0 Å². The van der Waals surface area contributed by atoms with Crippen LogP contribution in [-0.4, -0.2) is 11.1 Å². The van der Waals surface area contributed by atoms with Crippen LogP contribution in [0.4, 0.5) is 0 Å². The van der Waals surface area contributed by atoms with Gasteiger partial charge in [-0.1, -0.05) is 83.1 Å². The van der Waals surface area contributed by atoms with Crippen LogP contribution in [0.3, 0.4) is 0 Å². The molecule has 1 aromatic carbocycles. The Morgan fingerprint density at radius 3 is 1.97 bits per heavy atom. The fourth-order valence-corrected chi connectivity index (χ4v) is 6.12. The number of carboxylic acid groups (broad SMARTS) is 1. The van der Waals surface area contributed by atoms with Gasteiger partial charge < -0.3 is 5.11 Å². The Morgan fingerprint density at radius 1 is 0.833 bits per heavy atom. The van der Waals surface area contributed by atoms with E-state index in [1.807, 2.05) is 0 Å². The SMILES string of the molecule is CCCCCC1CCC(C(=O)O)(c2ccc(C3CCC(CCCC)CC3)cc2)CC1. The first-order valence-electron chi connectivity index (χ1n) is 12.9. The molecule has 168 valence electrons. The summed E-state index contributed by atoms with van der Waals surface area (Å²) >= 11 is 0. The number of carboxylic acids is 1. The molecule has 2 fully saturated rings. The predicted molar refractivity (Wildman–Crippen MR) is 126 cm³/mol. The fourth-order valence-electron chi connectivity index (χ4n) is 6.12. The Balaban J connectivity index is 1.59. The summed E-state index contributed by atoms with van der Waals surface area (Å²) in [5, 5.41) is 10.2. The standard InChI is InChI=1S/C28H44O2/c1-3-5-7-9-23-18-20-28(21-19-23,27(29)30)26-16-14-25(15-17-26)24-12-10-22(11-13-24)8-6-4-2/h14-17,22-24H,3-13,18-21H2,1-2H3,(H,29,30). The second-order valence-electron chi connectivity index (χ2n) is 10.3. The van der Waals surface area contributed by atoms with Crippen molar-refractivity contribution in [2.45, 2.75) is 121 Å². The van der Waals surface area contributed by atoms with E-state index < -0.39 is 11.4 Å². The molecule has 0 atom stereocenters. The van der Waals surface area contributed by atoms with Crippen molar-refractivity contribution in [1.82, 2.24) is 0 Å². The molecular weight excluding hydrogens is 368 g/mol. The molecule has 0 amide bonds. The minimum absolute atomic E-state index is 0.612. The summed E-state index contributed by atoms with van der Waals surface area (Å²) in [5.74, 6) is 1.72. The van der Waals surface area contributed by atoms with Gasteiger partial charge in [0.05, 0.1) is 5.41 Å². The van der Waals surface area contributed by atoms with Crippen LogP contribution in [-0.2, 0) is 10.2 Å². The van der Waals surface area contributed by atoms with E-state index in [9.17, 15) is 9.90 Å². The first-order valence-corrected chi connectivity index (χ1v) is 12.9. The lowest BCUT2D eigenvalue weighted by molar-refractivity contribution is -0.145. The lowest BCUT2D eigenvalue weighted by Crippen LogP contribution is -2.39. The molecule has 3 rings (SSSR count). The van der Waals surface area contributed by atoms with Gasteiger partial charge in [0.25, 0.3) is 0 Å². The van der Waals surface area contributed by atoms with Gasteiger partial charge in [0.15, 0.2) is 0 Å². The summed E-state index contributed by atoms with van der Waals surface area (Å²) in [6.45, 7) is 4.54. The van der Waals surface area contributed by atoms with Gasteiger partial charge in [0.1, 0.15) is 0 Å². The highest BCUT2D eigenvalue weighted by Gasteiger charge is 2.43. The molecule has 30 heavy (non-hydrogen) atoms. The Bertz CT molecular complexity index is 631. The van der Waals surface area contributed by atoms with Crippen LogP contribution in [0.25, 0.3) is 0 Å². The van der Waals surface area contributed by atoms with E-state index in [-0.39, 0.29) is 0 Å². The van der Waals surface area contributed by atoms with Crippen molar-refractivity contribution >= 4 is 5.97 Å². The largest absolute Gasteiger partial charge is 0.481 e. The summed E-state index contributed by atoms with van der Waals surface area (Å²) < 4.78 is 0. The third kappa shape index (κ3) is 5.68. The average Bonchev–Trinajstić information content (AvgIpc) is 2.79. The van der Waals surface area contributed by atoms with Crippen molar-refractivity contribution in [1.29, 1.82) is 0 Å². The van der Waals surface area contributed by atoms with E-state index in [1.165, 1.54) is 76.2 Å². The van der Waals surface area contributed by atoms with Crippen LogP contribution in [0.1, 0.15) is 127 Å². The number of rotatable bonds is 10. The zero-order valence-corrected chi connectivity index (χ0v) is 19.5. The number of unbranched alkanes of at least 4 members (excludes halogenated alkanes) is 3. The molecule has 0 saturated heterocycles. The van der Waals surface area contributed by atoms with Gasteiger partial charge in [-0.2, -0.15) is 0 Å². The molecule has 2 nitrogen and oxygen atoms in total. The van der Waals surface area contributed by atoms with Crippen LogP contribution >= 0.6 is 0 Å². The summed E-state index contributed by atoms with van der Waals surface area (Å²) in [5.41, 5.74) is 1.82. The van der Waals surface area contributed by atoms with Crippen molar-refractivity contribution in [2.24, 2.45) is 11.8 Å². The number of hydrogen-bond donors (Lipinski definition) is 1. The summed E-state index contributed by atoms with van der Waals surface area (Å²) in [6, 6.07) is 8.82. The van der Waals surface area contributed by atoms with E-state index >= 15 is 0 Å². The predicted octanol–water partition coefficient (Wildman–Crippen LogP) is 8.24. The summed E-state index contributed by atoms with van der Waals surface area (Å²) in [7, 11) is 0. The van der Waals surface area contributed by atoms with E-state index in [1.54, 1.807) is 0 Å². The Morgan fingerprint density at radius 2 is 1.40 bits per heavy atom. The maximum absolute atomic E-state index is 12.4. The van der Waals surface area contributed by atoms with Gasteiger partial charge in [-0.05, 0) is 80.2 Å². The monoisotopic (exact) mass is 412 g/mol. The third-order valence-corrected chi connectivity index (χ3v) is 8.33. The Hall–Kier alpha value is -1.31.